The second-order valence-corrected chi connectivity index (χ2v) is 7.81. The van der Waals surface area contributed by atoms with E-state index in [-0.39, 0.29) is 46.2 Å². The number of primary amides is 2. The molecule has 1 aliphatic rings. The van der Waals surface area contributed by atoms with E-state index in [1.807, 2.05) is 0 Å². The van der Waals surface area contributed by atoms with Gasteiger partial charge in [0.05, 0.1) is 23.4 Å². The number of carbonyl (C=O) groups excluding carboxylic acids is 2. The van der Waals surface area contributed by atoms with E-state index in [1.54, 1.807) is 0 Å². The lowest BCUT2D eigenvalue weighted by Gasteiger charge is -2.36. The van der Waals surface area contributed by atoms with E-state index in [9.17, 15) is 27.2 Å². The number of amides is 3. The van der Waals surface area contributed by atoms with Crippen molar-refractivity contribution in [3.63, 3.8) is 0 Å². The molecule has 3 amide bonds. The van der Waals surface area contributed by atoms with E-state index in [2.05, 4.69) is 5.10 Å². The van der Waals surface area contributed by atoms with Crippen LogP contribution in [0.2, 0.25) is 5.02 Å². The van der Waals surface area contributed by atoms with Crippen molar-refractivity contribution in [2.24, 2.45) is 11.5 Å². The quantitative estimate of drug-likeness (QED) is 0.553. The largest absolute Gasteiger partial charge is 0.416 e. The Morgan fingerprint density at radius 2 is 1.82 bits per heavy atom. The van der Waals surface area contributed by atoms with Gasteiger partial charge in [-0.2, -0.15) is 18.3 Å². The first kappa shape index (κ1) is 22.6. The molecule has 1 atom stereocenters. The first-order valence-electron chi connectivity index (χ1n) is 9.58. The van der Waals surface area contributed by atoms with Crippen LogP contribution in [-0.4, -0.2) is 33.2 Å². The second-order valence-electron chi connectivity index (χ2n) is 7.37. The molecular formula is C21H16ClF4N5O2. The Balaban J connectivity index is 2.04. The van der Waals surface area contributed by atoms with Gasteiger partial charge in [-0.25, -0.2) is 9.18 Å². The highest BCUT2D eigenvalue weighted by Crippen LogP contribution is 2.43. The summed E-state index contributed by atoms with van der Waals surface area (Å²) in [5.41, 5.74) is 9.51. The van der Waals surface area contributed by atoms with Crippen LogP contribution in [0.5, 0.6) is 0 Å². The number of alkyl halides is 3. The number of benzene rings is 2. The summed E-state index contributed by atoms with van der Waals surface area (Å²) in [4.78, 5) is 25.7. The van der Waals surface area contributed by atoms with Crippen LogP contribution in [-0.2, 0) is 12.7 Å². The fourth-order valence-electron chi connectivity index (χ4n) is 4.05. The van der Waals surface area contributed by atoms with E-state index in [0.717, 1.165) is 23.1 Å². The Labute approximate surface area is 189 Å². The van der Waals surface area contributed by atoms with Gasteiger partial charge in [-0.3, -0.25) is 9.48 Å². The zero-order valence-electron chi connectivity index (χ0n) is 16.7. The molecule has 7 nitrogen and oxygen atoms in total. The molecular weight excluding hydrogens is 466 g/mol. The molecule has 12 heteroatoms. The molecule has 33 heavy (non-hydrogen) atoms. The first-order chi connectivity index (χ1) is 15.5. The number of nitrogens with zero attached hydrogens (tertiary/aromatic N) is 3. The average molecular weight is 482 g/mol. The van der Waals surface area contributed by atoms with Gasteiger partial charge in [0.1, 0.15) is 17.6 Å². The molecule has 172 valence electrons. The zero-order valence-corrected chi connectivity index (χ0v) is 17.5. The van der Waals surface area contributed by atoms with Crippen LogP contribution in [0.4, 0.5) is 22.4 Å². The minimum absolute atomic E-state index is 0.0177. The average Bonchev–Trinajstić information content (AvgIpc) is 3.12. The monoisotopic (exact) mass is 481 g/mol. The van der Waals surface area contributed by atoms with Crippen LogP contribution in [0.15, 0.2) is 42.5 Å². The van der Waals surface area contributed by atoms with Crippen molar-refractivity contribution in [3.05, 3.63) is 75.7 Å². The number of carbonyl (C=O) groups is 2. The standard InChI is InChI=1S/C21H16ClF4N5O2/c22-11-4-5-13(14(9-11)21(24,25)26)17-18-15(19(27)32)16(10-2-1-3-12(23)8-10)29-31(18)7-6-30(17)20(28)33/h1-5,8-9,17H,6-7H2,(H2,27,32)(H2,28,33). The van der Waals surface area contributed by atoms with Crippen molar-refractivity contribution in [2.75, 3.05) is 6.54 Å². The lowest BCUT2D eigenvalue weighted by molar-refractivity contribution is -0.138. The fraction of sp³-hybridized carbons (Fsp3) is 0.190. The molecule has 1 aliphatic heterocycles. The van der Waals surface area contributed by atoms with Crippen molar-refractivity contribution in [3.8, 4) is 11.3 Å². The molecule has 0 fully saturated rings. The Morgan fingerprint density at radius 3 is 2.42 bits per heavy atom. The Hall–Kier alpha value is -3.60. The molecule has 4 N–H and O–H groups in total. The molecule has 2 heterocycles. The fourth-order valence-corrected chi connectivity index (χ4v) is 4.22. The Bertz CT molecular complexity index is 1270. The summed E-state index contributed by atoms with van der Waals surface area (Å²) >= 11 is 5.81. The number of rotatable bonds is 3. The van der Waals surface area contributed by atoms with E-state index >= 15 is 0 Å². The Kier molecular flexibility index (Phi) is 5.52. The molecule has 3 aromatic rings. The third kappa shape index (κ3) is 3.99. The highest BCUT2D eigenvalue weighted by molar-refractivity contribution is 6.30. The van der Waals surface area contributed by atoms with Gasteiger partial charge in [-0.1, -0.05) is 29.8 Å². The molecule has 2 aromatic carbocycles. The summed E-state index contributed by atoms with van der Waals surface area (Å²) in [7, 11) is 0. The number of halogens is 5. The number of aromatic nitrogens is 2. The van der Waals surface area contributed by atoms with Crippen molar-refractivity contribution >= 4 is 23.5 Å². The highest BCUT2D eigenvalue weighted by atomic mass is 35.5. The molecule has 0 radical (unpaired) electrons. The number of fused-ring (bicyclic) bond motifs is 1. The Morgan fingerprint density at radius 1 is 1.09 bits per heavy atom. The van der Waals surface area contributed by atoms with Gasteiger partial charge in [-0.05, 0) is 29.8 Å². The van der Waals surface area contributed by atoms with Crippen molar-refractivity contribution < 1.29 is 27.2 Å². The molecule has 1 unspecified atom stereocenters. The predicted octanol–water partition coefficient (Wildman–Crippen LogP) is 3.94. The number of urea groups is 1. The van der Waals surface area contributed by atoms with Crippen LogP contribution in [0.25, 0.3) is 11.3 Å². The second kappa shape index (κ2) is 8.07. The first-order valence-corrected chi connectivity index (χ1v) is 9.96. The number of nitrogens with two attached hydrogens (primary N) is 2. The van der Waals surface area contributed by atoms with Gasteiger partial charge in [-0.15, -0.1) is 0 Å². The summed E-state index contributed by atoms with van der Waals surface area (Å²) in [6.45, 7) is -0.0608. The highest BCUT2D eigenvalue weighted by Gasteiger charge is 2.43. The van der Waals surface area contributed by atoms with Gasteiger partial charge in [0, 0.05) is 17.1 Å². The molecule has 0 saturated heterocycles. The lowest BCUT2D eigenvalue weighted by Crippen LogP contribution is -2.46. The van der Waals surface area contributed by atoms with Gasteiger partial charge >= 0.3 is 12.2 Å². The van der Waals surface area contributed by atoms with Gasteiger partial charge in [0.25, 0.3) is 5.91 Å². The predicted molar refractivity (Wildman–Crippen MR) is 111 cm³/mol. The minimum atomic E-state index is -4.83. The van der Waals surface area contributed by atoms with Crippen molar-refractivity contribution in [1.82, 2.24) is 14.7 Å². The maximum Gasteiger partial charge on any atom is 0.416 e. The normalized spacial score (nSPS) is 15.9. The summed E-state index contributed by atoms with van der Waals surface area (Å²) in [6, 6.07) is 5.80. The van der Waals surface area contributed by atoms with E-state index in [1.165, 1.54) is 28.9 Å². The van der Waals surface area contributed by atoms with E-state index in [4.69, 9.17) is 23.1 Å². The molecule has 0 bridgehead atoms. The third-order valence-electron chi connectivity index (χ3n) is 5.36. The van der Waals surface area contributed by atoms with Gasteiger partial charge in [0.15, 0.2) is 0 Å². The summed E-state index contributed by atoms with van der Waals surface area (Å²) in [6.07, 6.45) is -4.83. The van der Waals surface area contributed by atoms with Crippen LogP contribution in [0.3, 0.4) is 0 Å². The van der Waals surface area contributed by atoms with Crippen LogP contribution in [0, 0.1) is 5.82 Å². The van der Waals surface area contributed by atoms with Crippen LogP contribution < -0.4 is 11.5 Å². The van der Waals surface area contributed by atoms with Gasteiger partial charge < -0.3 is 16.4 Å². The lowest BCUT2D eigenvalue weighted by atomic mass is 9.91. The maximum absolute atomic E-state index is 13.9. The SMILES string of the molecule is NC(=O)c1c(-c2cccc(F)c2)nn2c1C(c1ccc(Cl)cc1C(F)(F)F)N(C(N)=O)CC2. The van der Waals surface area contributed by atoms with Crippen LogP contribution >= 0.6 is 11.6 Å². The summed E-state index contributed by atoms with van der Waals surface area (Å²) < 4.78 is 56.9. The molecule has 4 rings (SSSR count). The van der Waals surface area contributed by atoms with E-state index < -0.39 is 35.5 Å². The topological polar surface area (TPSA) is 107 Å². The zero-order chi connectivity index (χ0) is 24.1. The third-order valence-corrected chi connectivity index (χ3v) is 5.59. The molecule has 0 spiro atoms. The van der Waals surface area contributed by atoms with Crippen LogP contribution in [0.1, 0.15) is 33.2 Å². The maximum atomic E-state index is 13.9. The molecule has 0 saturated carbocycles. The van der Waals surface area contributed by atoms with Crippen molar-refractivity contribution in [1.29, 1.82) is 0 Å². The minimum Gasteiger partial charge on any atom is -0.365 e. The molecule has 1 aromatic heterocycles. The molecule has 0 aliphatic carbocycles. The summed E-state index contributed by atoms with van der Waals surface area (Å²) in [5.74, 6) is -1.62. The van der Waals surface area contributed by atoms with Crippen molar-refractivity contribution in [2.45, 2.75) is 18.8 Å². The number of hydrogen-bond acceptors (Lipinski definition) is 3. The summed E-state index contributed by atoms with van der Waals surface area (Å²) in [5, 5.41) is 4.16. The number of hydrogen-bond donors (Lipinski definition) is 2. The smallest absolute Gasteiger partial charge is 0.365 e. The van der Waals surface area contributed by atoms with E-state index in [0.29, 0.717) is 0 Å². The van der Waals surface area contributed by atoms with Gasteiger partial charge in [0.2, 0.25) is 0 Å².